The second-order valence-corrected chi connectivity index (χ2v) is 6.38. The molecule has 1 atom stereocenters. The van der Waals surface area contributed by atoms with Gasteiger partial charge in [-0.1, -0.05) is 60.7 Å². The molecule has 0 bridgehead atoms. The molecule has 1 N–H and O–H groups in total. The fourth-order valence-corrected chi connectivity index (χ4v) is 2.90. The molecule has 1 amide bonds. The first kappa shape index (κ1) is 20.0. The highest BCUT2D eigenvalue weighted by Crippen LogP contribution is 2.22. The van der Waals surface area contributed by atoms with Gasteiger partial charge in [0.2, 0.25) is 5.82 Å². The Hall–Kier alpha value is -3.74. The lowest BCUT2D eigenvalue weighted by Crippen LogP contribution is -2.33. The molecule has 0 fully saturated rings. The van der Waals surface area contributed by atoms with Crippen molar-refractivity contribution >= 4 is 11.6 Å². The van der Waals surface area contributed by atoms with Crippen molar-refractivity contribution in [2.24, 2.45) is 0 Å². The lowest BCUT2D eigenvalue weighted by atomic mass is 9.99. The molecule has 0 spiro atoms. The standard InChI is InChI=1S/C22H19FN2O4/c23-19-14-18(11-12-21(19)25(27)28)29-15-22(26)24-20(17-9-5-2-6-10-17)13-16-7-3-1-4-8-16/h1-12,14,20H,13,15H2,(H,24,26). The Kier molecular flexibility index (Phi) is 6.52. The largest absolute Gasteiger partial charge is 0.484 e. The summed E-state index contributed by atoms with van der Waals surface area (Å²) in [4.78, 5) is 22.3. The molecule has 0 radical (unpaired) electrons. The molecule has 3 rings (SSSR count). The van der Waals surface area contributed by atoms with Crippen LogP contribution in [0.1, 0.15) is 17.2 Å². The molecular formula is C22H19FN2O4. The molecule has 0 heterocycles. The Morgan fingerprint density at radius 3 is 2.31 bits per heavy atom. The summed E-state index contributed by atoms with van der Waals surface area (Å²) < 4.78 is 19.0. The Morgan fingerprint density at radius 1 is 1.03 bits per heavy atom. The van der Waals surface area contributed by atoms with Crippen molar-refractivity contribution in [3.8, 4) is 5.75 Å². The average molecular weight is 394 g/mol. The quantitative estimate of drug-likeness (QED) is 0.458. The van der Waals surface area contributed by atoms with Crippen LogP contribution in [0.3, 0.4) is 0 Å². The SMILES string of the molecule is O=C(COc1ccc([N+](=O)[O-])c(F)c1)NC(Cc1ccccc1)c1ccccc1. The average Bonchev–Trinajstić information content (AvgIpc) is 2.73. The molecule has 148 valence electrons. The summed E-state index contributed by atoms with van der Waals surface area (Å²) in [5.74, 6) is -1.35. The number of halogens is 1. The number of ether oxygens (including phenoxy) is 1. The second kappa shape index (κ2) is 9.45. The van der Waals surface area contributed by atoms with Crippen molar-refractivity contribution in [3.63, 3.8) is 0 Å². The molecule has 0 aromatic heterocycles. The third-order valence-electron chi connectivity index (χ3n) is 4.31. The maximum Gasteiger partial charge on any atom is 0.305 e. The van der Waals surface area contributed by atoms with E-state index in [4.69, 9.17) is 4.74 Å². The molecule has 0 saturated carbocycles. The first-order valence-corrected chi connectivity index (χ1v) is 8.98. The number of carbonyl (C=O) groups is 1. The van der Waals surface area contributed by atoms with Crippen molar-refractivity contribution in [3.05, 3.63) is 106 Å². The number of hydrogen-bond acceptors (Lipinski definition) is 4. The van der Waals surface area contributed by atoms with Gasteiger partial charge < -0.3 is 10.1 Å². The van der Waals surface area contributed by atoms with Crippen LogP contribution in [0.4, 0.5) is 10.1 Å². The second-order valence-electron chi connectivity index (χ2n) is 6.38. The fraction of sp³-hybridized carbons (Fsp3) is 0.136. The molecule has 0 aliphatic heterocycles. The Labute approximate surface area is 167 Å². The van der Waals surface area contributed by atoms with Crippen molar-refractivity contribution in [1.82, 2.24) is 5.32 Å². The summed E-state index contributed by atoms with van der Waals surface area (Å²) in [6, 6.07) is 22.2. The van der Waals surface area contributed by atoms with E-state index in [0.29, 0.717) is 6.42 Å². The van der Waals surface area contributed by atoms with Crippen LogP contribution >= 0.6 is 0 Å². The third kappa shape index (κ3) is 5.62. The van der Waals surface area contributed by atoms with Crippen LogP contribution in [0.5, 0.6) is 5.75 Å². The first-order valence-electron chi connectivity index (χ1n) is 8.98. The number of nitrogens with one attached hydrogen (secondary N) is 1. The van der Waals surface area contributed by atoms with E-state index in [1.54, 1.807) is 0 Å². The first-order chi connectivity index (χ1) is 14.0. The molecule has 0 saturated heterocycles. The van der Waals surface area contributed by atoms with Gasteiger partial charge in [0.25, 0.3) is 5.91 Å². The van der Waals surface area contributed by atoms with E-state index < -0.39 is 16.4 Å². The lowest BCUT2D eigenvalue weighted by Gasteiger charge is -2.20. The van der Waals surface area contributed by atoms with E-state index >= 15 is 0 Å². The van der Waals surface area contributed by atoms with Crippen LogP contribution in [0, 0.1) is 15.9 Å². The summed E-state index contributed by atoms with van der Waals surface area (Å²) >= 11 is 0. The maximum atomic E-state index is 13.7. The van der Waals surface area contributed by atoms with E-state index in [1.165, 1.54) is 6.07 Å². The Morgan fingerprint density at radius 2 is 1.69 bits per heavy atom. The van der Waals surface area contributed by atoms with Crippen LogP contribution in [-0.4, -0.2) is 17.4 Å². The zero-order chi connectivity index (χ0) is 20.6. The van der Waals surface area contributed by atoms with Crippen LogP contribution < -0.4 is 10.1 Å². The molecular weight excluding hydrogens is 375 g/mol. The molecule has 3 aromatic rings. The minimum Gasteiger partial charge on any atom is -0.484 e. The van der Waals surface area contributed by atoms with Crippen LogP contribution in [0.15, 0.2) is 78.9 Å². The van der Waals surface area contributed by atoms with Crippen molar-refractivity contribution in [2.75, 3.05) is 6.61 Å². The summed E-state index contributed by atoms with van der Waals surface area (Å²) in [6.45, 7) is -0.338. The van der Waals surface area contributed by atoms with Crippen LogP contribution in [0.25, 0.3) is 0 Å². The van der Waals surface area contributed by atoms with Gasteiger partial charge in [-0.2, -0.15) is 4.39 Å². The van der Waals surface area contributed by atoms with E-state index in [2.05, 4.69) is 5.32 Å². The van der Waals surface area contributed by atoms with Gasteiger partial charge in [0.1, 0.15) is 5.75 Å². The lowest BCUT2D eigenvalue weighted by molar-refractivity contribution is -0.387. The van der Waals surface area contributed by atoms with Gasteiger partial charge in [0, 0.05) is 12.1 Å². The minimum atomic E-state index is -1.01. The van der Waals surface area contributed by atoms with E-state index in [1.807, 2.05) is 60.7 Å². The molecule has 0 aliphatic rings. The van der Waals surface area contributed by atoms with Gasteiger partial charge in [0.15, 0.2) is 6.61 Å². The molecule has 1 unspecified atom stereocenters. The topological polar surface area (TPSA) is 81.5 Å². The van der Waals surface area contributed by atoms with Crippen LogP contribution in [-0.2, 0) is 11.2 Å². The van der Waals surface area contributed by atoms with E-state index in [9.17, 15) is 19.3 Å². The van der Waals surface area contributed by atoms with Gasteiger partial charge in [-0.3, -0.25) is 14.9 Å². The highest BCUT2D eigenvalue weighted by molar-refractivity contribution is 5.78. The Bertz CT molecular complexity index is 981. The van der Waals surface area contributed by atoms with Gasteiger partial charge in [-0.25, -0.2) is 0 Å². The molecule has 6 nitrogen and oxygen atoms in total. The highest BCUT2D eigenvalue weighted by atomic mass is 19.1. The molecule has 29 heavy (non-hydrogen) atoms. The third-order valence-corrected chi connectivity index (χ3v) is 4.31. The zero-order valence-electron chi connectivity index (χ0n) is 15.5. The van der Waals surface area contributed by atoms with Crippen molar-refractivity contribution < 1.29 is 18.8 Å². The van der Waals surface area contributed by atoms with Crippen molar-refractivity contribution in [1.29, 1.82) is 0 Å². The fourth-order valence-electron chi connectivity index (χ4n) is 2.90. The molecule has 0 aliphatic carbocycles. The smallest absolute Gasteiger partial charge is 0.305 e. The number of nitro groups is 1. The molecule has 3 aromatic carbocycles. The van der Waals surface area contributed by atoms with E-state index in [0.717, 1.165) is 23.3 Å². The monoisotopic (exact) mass is 394 g/mol. The van der Waals surface area contributed by atoms with Gasteiger partial charge >= 0.3 is 5.69 Å². The number of benzene rings is 3. The highest BCUT2D eigenvalue weighted by Gasteiger charge is 2.17. The number of carbonyl (C=O) groups excluding carboxylic acids is 1. The predicted octanol–water partition coefficient (Wildman–Crippen LogP) is 4.21. The maximum absolute atomic E-state index is 13.7. The zero-order valence-corrected chi connectivity index (χ0v) is 15.5. The van der Waals surface area contributed by atoms with E-state index in [-0.39, 0.29) is 24.3 Å². The minimum absolute atomic E-state index is 0.0440. The Balaban J connectivity index is 1.65. The number of nitrogens with zero attached hydrogens (tertiary/aromatic N) is 1. The van der Waals surface area contributed by atoms with Gasteiger partial charge in [0.05, 0.1) is 11.0 Å². The summed E-state index contributed by atoms with van der Waals surface area (Å²) in [7, 11) is 0. The summed E-state index contributed by atoms with van der Waals surface area (Å²) in [5, 5.41) is 13.6. The number of hydrogen-bond donors (Lipinski definition) is 1. The van der Waals surface area contributed by atoms with Gasteiger partial charge in [-0.05, 0) is 23.6 Å². The normalized spacial score (nSPS) is 11.5. The molecule has 7 heteroatoms. The van der Waals surface area contributed by atoms with Gasteiger partial charge in [-0.15, -0.1) is 0 Å². The number of nitro benzene ring substituents is 1. The summed E-state index contributed by atoms with van der Waals surface area (Å²) in [5.41, 5.74) is 1.37. The number of rotatable bonds is 8. The predicted molar refractivity (Wildman–Crippen MR) is 106 cm³/mol. The van der Waals surface area contributed by atoms with Crippen molar-refractivity contribution in [2.45, 2.75) is 12.5 Å². The summed E-state index contributed by atoms with van der Waals surface area (Å²) in [6.07, 6.45) is 0.600. The van der Waals surface area contributed by atoms with Crippen LogP contribution in [0.2, 0.25) is 0 Å². The number of amides is 1.